The first-order chi connectivity index (χ1) is 9.61. The van der Waals surface area contributed by atoms with E-state index >= 15 is 0 Å². The lowest BCUT2D eigenvalue weighted by atomic mass is 9.55. The molecule has 0 amide bonds. The number of carbonyl (C=O) groups is 1. The average molecular weight is 272 g/mol. The molecule has 3 aliphatic rings. The summed E-state index contributed by atoms with van der Waals surface area (Å²) < 4.78 is 14.0. The number of benzene rings is 1. The van der Waals surface area contributed by atoms with Crippen molar-refractivity contribution in [1.82, 2.24) is 0 Å². The van der Waals surface area contributed by atoms with E-state index in [1.807, 2.05) is 6.07 Å². The number of fused-ring (bicyclic) bond motifs is 5. The zero-order chi connectivity index (χ0) is 13.9. The normalized spacial score (nSPS) is 39.1. The van der Waals surface area contributed by atoms with E-state index in [0.29, 0.717) is 23.5 Å². The van der Waals surface area contributed by atoms with E-state index in [2.05, 4.69) is 13.0 Å². The number of Topliss-reactive ketones (excluding diaryl/α,β-unsaturated/α-hetero) is 1. The molecule has 2 heteroatoms. The minimum atomic E-state index is -0.0774. The highest BCUT2D eigenvalue weighted by Crippen LogP contribution is 2.59. The van der Waals surface area contributed by atoms with Crippen molar-refractivity contribution < 1.29 is 9.18 Å². The predicted molar refractivity (Wildman–Crippen MR) is 76.0 cm³/mol. The molecule has 0 bridgehead atoms. The summed E-state index contributed by atoms with van der Waals surface area (Å²) >= 11 is 0. The fourth-order valence-corrected chi connectivity index (χ4v) is 5.34. The van der Waals surface area contributed by atoms with Gasteiger partial charge < -0.3 is 0 Å². The molecule has 0 saturated heterocycles. The van der Waals surface area contributed by atoms with Gasteiger partial charge in [0, 0.05) is 11.8 Å². The second-order valence-electron chi connectivity index (χ2n) is 7.14. The lowest BCUT2D eigenvalue weighted by Crippen LogP contribution is -2.42. The van der Waals surface area contributed by atoms with Crippen molar-refractivity contribution in [2.75, 3.05) is 0 Å². The van der Waals surface area contributed by atoms with E-state index in [-0.39, 0.29) is 11.2 Å². The van der Waals surface area contributed by atoms with Crippen molar-refractivity contribution in [2.45, 2.75) is 51.4 Å². The van der Waals surface area contributed by atoms with Crippen LogP contribution in [0.4, 0.5) is 4.39 Å². The summed E-state index contributed by atoms with van der Waals surface area (Å²) in [5.41, 5.74) is 2.11. The summed E-state index contributed by atoms with van der Waals surface area (Å²) in [5, 5.41) is 0. The molecule has 4 rings (SSSR count). The zero-order valence-corrected chi connectivity index (χ0v) is 12.0. The van der Waals surface area contributed by atoms with Gasteiger partial charge in [0.1, 0.15) is 11.6 Å². The smallest absolute Gasteiger partial charge is 0.139 e. The Labute approximate surface area is 119 Å². The average Bonchev–Trinajstić information content (AvgIpc) is 2.75. The molecule has 1 aromatic rings. The first kappa shape index (κ1) is 12.6. The molecular weight excluding hydrogens is 251 g/mol. The van der Waals surface area contributed by atoms with E-state index in [1.165, 1.54) is 5.56 Å². The fraction of sp³-hybridized carbons (Fsp3) is 0.611. The largest absolute Gasteiger partial charge is 0.299 e. The number of rotatable bonds is 0. The number of hydrogen-bond acceptors (Lipinski definition) is 1. The van der Waals surface area contributed by atoms with E-state index in [1.54, 1.807) is 6.07 Å². The molecule has 0 unspecified atom stereocenters. The fourth-order valence-electron chi connectivity index (χ4n) is 5.34. The minimum Gasteiger partial charge on any atom is -0.299 e. The van der Waals surface area contributed by atoms with Crippen molar-refractivity contribution in [3.05, 3.63) is 35.1 Å². The number of ketones is 1. The van der Waals surface area contributed by atoms with Gasteiger partial charge in [-0.05, 0) is 67.1 Å². The van der Waals surface area contributed by atoms with Gasteiger partial charge in [-0.3, -0.25) is 4.79 Å². The summed E-state index contributed by atoms with van der Waals surface area (Å²) in [6.07, 6.45) is 5.78. The molecule has 4 atom stereocenters. The Morgan fingerprint density at radius 2 is 2.05 bits per heavy atom. The van der Waals surface area contributed by atoms with Crippen LogP contribution in [-0.4, -0.2) is 5.78 Å². The highest BCUT2D eigenvalue weighted by Gasteiger charge is 2.54. The molecule has 3 aliphatic carbocycles. The van der Waals surface area contributed by atoms with Gasteiger partial charge in [-0.1, -0.05) is 19.1 Å². The maximum Gasteiger partial charge on any atom is 0.139 e. The van der Waals surface area contributed by atoms with Gasteiger partial charge in [0.15, 0.2) is 0 Å². The Kier molecular flexibility index (Phi) is 2.61. The van der Waals surface area contributed by atoms with Crippen molar-refractivity contribution in [1.29, 1.82) is 0 Å². The topological polar surface area (TPSA) is 17.1 Å². The molecule has 0 radical (unpaired) electrons. The quantitative estimate of drug-likeness (QED) is 0.690. The Morgan fingerprint density at radius 3 is 2.90 bits per heavy atom. The van der Waals surface area contributed by atoms with Crippen molar-refractivity contribution in [3.8, 4) is 0 Å². The third-order valence-electron chi connectivity index (χ3n) is 6.43. The molecule has 1 nitrogen and oxygen atoms in total. The molecule has 0 N–H and O–H groups in total. The van der Waals surface area contributed by atoms with Crippen molar-refractivity contribution in [2.24, 2.45) is 17.3 Å². The maximum absolute atomic E-state index is 14.0. The first-order valence-corrected chi connectivity index (χ1v) is 7.92. The van der Waals surface area contributed by atoms with Crippen LogP contribution < -0.4 is 0 Å². The third kappa shape index (κ3) is 1.51. The van der Waals surface area contributed by atoms with Crippen LogP contribution >= 0.6 is 0 Å². The summed E-state index contributed by atoms with van der Waals surface area (Å²) in [6, 6.07) is 5.56. The van der Waals surface area contributed by atoms with Crippen molar-refractivity contribution in [3.63, 3.8) is 0 Å². The Hall–Kier alpha value is -1.18. The molecule has 0 heterocycles. The minimum absolute atomic E-state index is 0.0308. The van der Waals surface area contributed by atoms with Gasteiger partial charge in [-0.25, -0.2) is 4.39 Å². The summed E-state index contributed by atoms with van der Waals surface area (Å²) in [5.74, 6) is 2.06. The highest BCUT2D eigenvalue weighted by molar-refractivity contribution is 5.87. The second kappa shape index (κ2) is 4.16. The van der Waals surface area contributed by atoms with Gasteiger partial charge in [0.25, 0.3) is 0 Å². The maximum atomic E-state index is 14.0. The van der Waals surface area contributed by atoms with Crippen molar-refractivity contribution >= 4 is 5.78 Å². The summed E-state index contributed by atoms with van der Waals surface area (Å²) in [4.78, 5) is 12.2. The van der Waals surface area contributed by atoms with Crippen LogP contribution in [0, 0.1) is 23.1 Å². The van der Waals surface area contributed by atoms with E-state index in [0.717, 1.165) is 44.1 Å². The number of hydrogen-bond donors (Lipinski definition) is 0. The molecule has 20 heavy (non-hydrogen) atoms. The van der Waals surface area contributed by atoms with Crippen LogP contribution in [0.2, 0.25) is 0 Å². The van der Waals surface area contributed by atoms with E-state index < -0.39 is 0 Å². The Bertz CT molecular complexity index is 579. The van der Waals surface area contributed by atoms with Crippen LogP contribution in [0.15, 0.2) is 18.2 Å². The van der Waals surface area contributed by atoms with Gasteiger partial charge >= 0.3 is 0 Å². The Morgan fingerprint density at radius 1 is 1.20 bits per heavy atom. The summed E-state index contributed by atoms with van der Waals surface area (Å²) in [6.45, 7) is 2.18. The lowest BCUT2D eigenvalue weighted by molar-refractivity contribution is -0.129. The lowest BCUT2D eigenvalue weighted by Gasteiger charge is -2.48. The first-order valence-electron chi connectivity index (χ1n) is 7.92. The Balaban J connectivity index is 1.75. The zero-order valence-electron chi connectivity index (χ0n) is 12.0. The summed E-state index contributed by atoms with van der Waals surface area (Å²) in [7, 11) is 0. The molecule has 0 aliphatic heterocycles. The van der Waals surface area contributed by atoms with Crippen LogP contribution in [0.25, 0.3) is 0 Å². The molecule has 0 aromatic heterocycles. The van der Waals surface area contributed by atoms with E-state index in [9.17, 15) is 9.18 Å². The van der Waals surface area contributed by atoms with Gasteiger partial charge in [-0.2, -0.15) is 0 Å². The monoisotopic (exact) mass is 272 g/mol. The molecule has 2 saturated carbocycles. The van der Waals surface area contributed by atoms with Crippen LogP contribution in [0.5, 0.6) is 0 Å². The number of halogens is 1. The van der Waals surface area contributed by atoms with E-state index in [4.69, 9.17) is 0 Å². The predicted octanol–water partition coefficient (Wildman–Crippen LogP) is 4.25. The standard InChI is InChI=1S/C18H21FO/c1-18-10-9-12-11-3-2-4-16(19)14(11)6-5-13(12)15(18)7-8-17(18)20/h2-4,12-13,15H,5-10H2,1H3/t12-,13-,15+,18+/m1/s1. The van der Waals surface area contributed by atoms with Gasteiger partial charge in [-0.15, -0.1) is 0 Å². The van der Waals surface area contributed by atoms with Crippen LogP contribution in [0.1, 0.15) is 56.1 Å². The molecule has 1 aromatic carbocycles. The molecule has 106 valence electrons. The highest BCUT2D eigenvalue weighted by atomic mass is 19.1. The number of carbonyl (C=O) groups excluding carboxylic acids is 1. The molecular formula is C18H21FO. The van der Waals surface area contributed by atoms with Crippen LogP contribution in [0.3, 0.4) is 0 Å². The third-order valence-corrected chi connectivity index (χ3v) is 6.43. The molecule has 2 fully saturated rings. The van der Waals surface area contributed by atoms with Crippen LogP contribution in [-0.2, 0) is 11.2 Å². The molecule has 0 spiro atoms. The van der Waals surface area contributed by atoms with Gasteiger partial charge in [0.05, 0.1) is 0 Å². The SMILES string of the molecule is C[C@]12CC[C@@H]3c4cccc(F)c4CC[C@H]3[C@@H]1CCC2=O. The van der Waals surface area contributed by atoms with Gasteiger partial charge in [0.2, 0.25) is 0 Å². The second-order valence-corrected chi connectivity index (χ2v) is 7.14.